The molecule has 28 heavy (non-hydrogen) atoms. The third-order valence-corrected chi connectivity index (χ3v) is 6.49. The Kier molecular flexibility index (Phi) is 5.53. The van der Waals surface area contributed by atoms with Crippen LogP contribution in [-0.2, 0) is 14.8 Å². The van der Waals surface area contributed by atoms with Crippen LogP contribution in [0.1, 0.15) is 6.92 Å². The first-order valence-electron chi connectivity index (χ1n) is 8.60. The molecular formula is C18H19F3N2O4S. The normalized spacial score (nSPS) is 17.5. The summed E-state index contributed by atoms with van der Waals surface area (Å²) in [7, 11) is -3.77. The summed E-state index contributed by atoms with van der Waals surface area (Å²) in [6.45, 7) is 0.611. The number of ether oxygens (including phenoxy) is 1. The van der Waals surface area contributed by atoms with Crippen LogP contribution in [-0.4, -0.2) is 62.2 Å². The number of nitrogens with zero attached hydrogens (tertiary/aromatic N) is 2. The highest BCUT2D eigenvalue weighted by Gasteiger charge is 2.40. The van der Waals surface area contributed by atoms with E-state index in [0.717, 1.165) is 22.6 Å². The van der Waals surface area contributed by atoms with Gasteiger partial charge in [-0.2, -0.15) is 17.5 Å². The molecule has 6 nitrogen and oxygen atoms in total. The summed E-state index contributed by atoms with van der Waals surface area (Å²) in [5, 5.41) is 1.69. The lowest BCUT2D eigenvalue weighted by molar-refractivity contribution is -0.199. The summed E-state index contributed by atoms with van der Waals surface area (Å²) in [6.07, 6.45) is -7.97. The van der Waals surface area contributed by atoms with Crippen LogP contribution in [0.25, 0.3) is 10.8 Å². The van der Waals surface area contributed by atoms with Crippen molar-refractivity contribution in [2.75, 3.05) is 26.2 Å². The first-order chi connectivity index (χ1) is 13.1. The fourth-order valence-corrected chi connectivity index (χ4v) is 4.34. The van der Waals surface area contributed by atoms with E-state index < -0.39 is 28.4 Å². The highest BCUT2D eigenvalue weighted by Crippen LogP contribution is 2.25. The molecule has 3 rings (SSSR count). The molecule has 1 unspecified atom stereocenters. The fourth-order valence-electron chi connectivity index (χ4n) is 2.88. The number of piperazine rings is 1. The van der Waals surface area contributed by atoms with E-state index in [2.05, 4.69) is 4.74 Å². The molecule has 1 saturated heterocycles. The van der Waals surface area contributed by atoms with Crippen molar-refractivity contribution in [3.05, 3.63) is 42.5 Å². The Morgan fingerprint density at radius 1 is 1.04 bits per heavy atom. The number of hydrogen-bond acceptors (Lipinski definition) is 4. The average molecular weight is 416 g/mol. The number of rotatable bonds is 3. The number of fused-ring (bicyclic) bond motifs is 1. The first-order valence-corrected chi connectivity index (χ1v) is 10.0. The highest BCUT2D eigenvalue weighted by atomic mass is 32.2. The maximum atomic E-state index is 12.9. The Labute approximate surface area is 160 Å². The number of amides is 1. The van der Waals surface area contributed by atoms with Gasteiger partial charge in [-0.15, -0.1) is 0 Å². The molecule has 0 radical (unpaired) electrons. The smallest absolute Gasteiger partial charge is 0.425 e. The van der Waals surface area contributed by atoms with Gasteiger partial charge in [0.2, 0.25) is 10.0 Å². The maximum absolute atomic E-state index is 12.9. The number of hydrogen-bond donors (Lipinski definition) is 0. The van der Waals surface area contributed by atoms with Crippen molar-refractivity contribution in [2.45, 2.75) is 24.1 Å². The van der Waals surface area contributed by atoms with E-state index in [1.807, 2.05) is 24.3 Å². The maximum Gasteiger partial charge on any atom is 0.425 e. The zero-order valence-corrected chi connectivity index (χ0v) is 15.8. The third kappa shape index (κ3) is 4.22. The largest absolute Gasteiger partial charge is 0.437 e. The number of halogens is 3. The van der Waals surface area contributed by atoms with E-state index in [4.69, 9.17) is 0 Å². The van der Waals surface area contributed by atoms with E-state index in [-0.39, 0.29) is 31.1 Å². The van der Waals surface area contributed by atoms with Crippen molar-refractivity contribution < 1.29 is 31.1 Å². The van der Waals surface area contributed by atoms with Crippen LogP contribution in [0, 0.1) is 0 Å². The topological polar surface area (TPSA) is 66.9 Å². The van der Waals surface area contributed by atoms with Gasteiger partial charge in [-0.1, -0.05) is 30.3 Å². The van der Waals surface area contributed by atoms with Gasteiger partial charge in [0, 0.05) is 26.2 Å². The van der Waals surface area contributed by atoms with Crippen LogP contribution in [0.4, 0.5) is 18.0 Å². The fraction of sp³-hybridized carbons (Fsp3) is 0.389. The molecule has 2 aromatic carbocycles. The van der Waals surface area contributed by atoms with Gasteiger partial charge in [0.05, 0.1) is 4.90 Å². The molecule has 1 heterocycles. The second-order valence-electron chi connectivity index (χ2n) is 6.47. The molecule has 2 aromatic rings. The minimum absolute atomic E-state index is 0.0232. The van der Waals surface area contributed by atoms with Crippen LogP contribution < -0.4 is 0 Å². The minimum Gasteiger partial charge on any atom is -0.437 e. The number of benzene rings is 2. The van der Waals surface area contributed by atoms with Gasteiger partial charge in [0.15, 0.2) is 6.10 Å². The molecule has 1 aliphatic heterocycles. The van der Waals surface area contributed by atoms with Crippen LogP contribution in [0.2, 0.25) is 0 Å². The van der Waals surface area contributed by atoms with Crippen LogP contribution in [0.5, 0.6) is 0 Å². The number of sulfonamides is 1. The molecule has 1 atom stereocenters. The SMILES string of the molecule is CC(OC(=O)N1CCN(S(=O)(=O)c2ccc3ccccc3c2)CC1)C(F)(F)F. The van der Waals surface area contributed by atoms with Gasteiger partial charge in [-0.25, -0.2) is 13.2 Å². The van der Waals surface area contributed by atoms with Crippen molar-refractivity contribution in [1.29, 1.82) is 0 Å². The number of alkyl halides is 3. The number of carbonyl (C=O) groups excluding carboxylic acids is 1. The molecule has 0 bridgehead atoms. The van der Waals surface area contributed by atoms with Gasteiger partial charge in [-0.3, -0.25) is 0 Å². The Morgan fingerprint density at radius 2 is 1.64 bits per heavy atom. The van der Waals surface area contributed by atoms with Gasteiger partial charge in [0.1, 0.15) is 0 Å². The summed E-state index contributed by atoms with van der Waals surface area (Å²) in [5.74, 6) is 0. The Morgan fingerprint density at radius 3 is 2.25 bits per heavy atom. The molecule has 1 aliphatic rings. The molecule has 0 spiro atoms. The van der Waals surface area contributed by atoms with E-state index in [1.54, 1.807) is 12.1 Å². The number of carbonyl (C=O) groups is 1. The van der Waals surface area contributed by atoms with E-state index in [9.17, 15) is 26.4 Å². The Hall–Kier alpha value is -2.33. The molecular weight excluding hydrogens is 397 g/mol. The summed E-state index contributed by atoms with van der Waals surface area (Å²) < 4.78 is 68.9. The van der Waals surface area contributed by atoms with E-state index in [0.29, 0.717) is 0 Å². The molecule has 0 saturated carbocycles. The molecule has 1 fully saturated rings. The monoisotopic (exact) mass is 416 g/mol. The lowest BCUT2D eigenvalue weighted by atomic mass is 10.1. The lowest BCUT2D eigenvalue weighted by Crippen LogP contribution is -2.51. The van der Waals surface area contributed by atoms with Gasteiger partial charge < -0.3 is 9.64 Å². The van der Waals surface area contributed by atoms with Gasteiger partial charge in [-0.05, 0) is 29.8 Å². The second kappa shape index (κ2) is 7.59. The zero-order valence-electron chi connectivity index (χ0n) is 15.0. The molecule has 0 aliphatic carbocycles. The average Bonchev–Trinajstić information content (AvgIpc) is 2.66. The second-order valence-corrected chi connectivity index (χ2v) is 8.41. The predicted molar refractivity (Wildman–Crippen MR) is 96.3 cm³/mol. The summed E-state index contributed by atoms with van der Waals surface area (Å²) in [6, 6.07) is 12.2. The van der Waals surface area contributed by atoms with E-state index >= 15 is 0 Å². The lowest BCUT2D eigenvalue weighted by Gasteiger charge is -2.34. The van der Waals surface area contributed by atoms with Gasteiger partial charge >= 0.3 is 12.3 Å². The molecule has 1 amide bonds. The minimum atomic E-state index is -4.64. The zero-order chi connectivity index (χ0) is 20.5. The van der Waals surface area contributed by atoms with Crippen LogP contribution >= 0.6 is 0 Å². The summed E-state index contributed by atoms with van der Waals surface area (Å²) in [4.78, 5) is 13.1. The van der Waals surface area contributed by atoms with Gasteiger partial charge in [0.25, 0.3) is 0 Å². The third-order valence-electron chi connectivity index (χ3n) is 4.59. The van der Waals surface area contributed by atoms with Crippen LogP contribution in [0.3, 0.4) is 0 Å². The molecule has 152 valence electrons. The molecule has 10 heteroatoms. The van der Waals surface area contributed by atoms with Crippen molar-refractivity contribution in [1.82, 2.24) is 9.21 Å². The van der Waals surface area contributed by atoms with Crippen molar-refractivity contribution in [2.24, 2.45) is 0 Å². The van der Waals surface area contributed by atoms with E-state index in [1.165, 1.54) is 10.4 Å². The van der Waals surface area contributed by atoms with Crippen molar-refractivity contribution in [3.63, 3.8) is 0 Å². The predicted octanol–water partition coefficient (Wildman–Crippen LogP) is 3.23. The van der Waals surface area contributed by atoms with Crippen molar-refractivity contribution >= 4 is 26.9 Å². The van der Waals surface area contributed by atoms with Crippen LogP contribution in [0.15, 0.2) is 47.4 Å². The Balaban J connectivity index is 1.67. The van der Waals surface area contributed by atoms with Crippen molar-refractivity contribution in [3.8, 4) is 0 Å². The molecule has 0 N–H and O–H groups in total. The molecule has 0 aromatic heterocycles. The summed E-state index contributed by atoms with van der Waals surface area (Å²) in [5.41, 5.74) is 0. The Bertz CT molecular complexity index is 970. The summed E-state index contributed by atoms with van der Waals surface area (Å²) >= 11 is 0. The quantitative estimate of drug-likeness (QED) is 0.771. The highest BCUT2D eigenvalue weighted by molar-refractivity contribution is 7.89. The standard InChI is InChI=1S/C18H19F3N2O4S/c1-13(18(19,20)21)27-17(24)22-8-10-23(11-9-22)28(25,26)16-7-6-14-4-2-3-5-15(14)12-16/h2-7,12-13H,8-11H2,1H3. The first kappa shape index (κ1) is 20.4.